The molecule has 3 aromatic rings. The lowest BCUT2D eigenvalue weighted by Gasteiger charge is -2.12. The third-order valence-corrected chi connectivity index (χ3v) is 5.47. The molecule has 8 heteroatoms. The molecule has 0 saturated heterocycles. The number of amides is 1. The van der Waals surface area contributed by atoms with Gasteiger partial charge in [0.25, 0.3) is 0 Å². The molecular formula is C24H25N5O3. The Balaban J connectivity index is 1.40. The molecule has 0 spiro atoms. The van der Waals surface area contributed by atoms with Gasteiger partial charge in [-0.05, 0) is 36.6 Å². The first kappa shape index (κ1) is 21.4. The monoisotopic (exact) mass is 431 g/mol. The highest BCUT2D eigenvalue weighted by molar-refractivity contribution is 5.91. The highest BCUT2D eigenvalue weighted by Gasteiger charge is 2.17. The average Bonchev–Trinajstić information content (AvgIpc) is 2.95. The topological polar surface area (TPSA) is 102 Å². The van der Waals surface area contributed by atoms with Gasteiger partial charge in [0, 0.05) is 24.2 Å². The van der Waals surface area contributed by atoms with E-state index in [0.29, 0.717) is 24.4 Å². The average molecular weight is 431 g/mol. The highest BCUT2D eigenvalue weighted by atomic mass is 16.5. The molecule has 1 aromatic heterocycles. The number of aromatic nitrogens is 3. The number of nitriles is 1. The molecule has 8 nitrogen and oxygen atoms in total. The van der Waals surface area contributed by atoms with E-state index in [0.717, 1.165) is 42.6 Å². The van der Waals surface area contributed by atoms with E-state index in [4.69, 9.17) is 10.00 Å². The van der Waals surface area contributed by atoms with Crippen molar-refractivity contribution in [2.45, 2.75) is 51.8 Å². The van der Waals surface area contributed by atoms with Crippen LogP contribution in [0.15, 0.2) is 53.3 Å². The molecule has 0 saturated carbocycles. The van der Waals surface area contributed by atoms with Crippen molar-refractivity contribution in [3.05, 3.63) is 76.0 Å². The number of nitrogens with zero attached hydrogens (tertiary/aromatic N) is 4. The van der Waals surface area contributed by atoms with Crippen LogP contribution in [0.3, 0.4) is 0 Å². The van der Waals surface area contributed by atoms with Crippen LogP contribution >= 0.6 is 0 Å². The molecule has 2 heterocycles. The lowest BCUT2D eigenvalue weighted by atomic mass is 10.1. The number of hydrogen-bond donors (Lipinski definition) is 1. The Labute approximate surface area is 186 Å². The highest BCUT2D eigenvalue weighted by Crippen LogP contribution is 2.19. The van der Waals surface area contributed by atoms with Crippen molar-refractivity contribution < 1.29 is 9.53 Å². The first-order valence-electron chi connectivity index (χ1n) is 10.8. The Morgan fingerprint density at radius 2 is 1.94 bits per heavy atom. The minimum absolute atomic E-state index is 0.131. The number of nitrogens with one attached hydrogen (secondary N) is 1. The second-order valence-electron chi connectivity index (χ2n) is 7.79. The fourth-order valence-corrected chi connectivity index (χ4v) is 3.78. The molecule has 0 fully saturated rings. The van der Waals surface area contributed by atoms with Crippen molar-refractivity contribution in [1.82, 2.24) is 14.3 Å². The lowest BCUT2D eigenvalue weighted by Crippen LogP contribution is -2.30. The van der Waals surface area contributed by atoms with Gasteiger partial charge in [-0.2, -0.15) is 10.4 Å². The van der Waals surface area contributed by atoms with E-state index in [1.165, 1.54) is 4.68 Å². The van der Waals surface area contributed by atoms with E-state index < -0.39 is 0 Å². The second-order valence-corrected chi connectivity index (χ2v) is 7.79. The fourth-order valence-electron chi connectivity index (χ4n) is 3.78. The Morgan fingerprint density at radius 3 is 2.75 bits per heavy atom. The zero-order valence-electron chi connectivity index (χ0n) is 17.8. The first-order chi connectivity index (χ1) is 15.6. The number of carbonyl (C=O) groups is 1. The third-order valence-electron chi connectivity index (χ3n) is 5.47. The molecule has 1 aliphatic rings. The van der Waals surface area contributed by atoms with Crippen molar-refractivity contribution in [3.63, 3.8) is 0 Å². The third kappa shape index (κ3) is 5.06. The van der Waals surface area contributed by atoms with Gasteiger partial charge in [-0.1, -0.05) is 36.8 Å². The van der Waals surface area contributed by atoms with E-state index in [2.05, 4.69) is 16.5 Å². The number of carbonyl (C=O) groups excluding carboxylic acids is 1. The Hall–Kier alpha value is -3.86. The van der Waals surface area contributed by atoms with Crippen LogP contribution in [0.25, 0.3) is 0 Å². The number of hydrogen-bond acceptors (Lipinski definition) is 5. The summed E-state index contributed by atoms with van der Waals surface area (Å²) in [5.74, 6) is 1.13. The van der Waals surface area contributed by atoms with Crippen molar-refractivity contribution in [1.29, 1.82) is 5.26 Å². The zero-order valence-corrected chi connectivity index (χ0v) is 17.8. The van der Waals surface area contributed by atoms with Gasteiger partial charge in [0.1, 0.15) is 24.7 Å². The van der Waals surface area contributed by atoms with Crippen LogP contribution < -0.4 is 15.7 Å². The number of para-hydroxylation sites is 1. The van der Waals surface area contributed by atoms with Gasteiger partial charge < -0.3 is 10.1 Å². The summed E-state index contributed by atoms with van der Waals surface area (Å²) < 4.78 is 8.78. The molecule has 4 rings (SSSR count). The molecule has 2 aromatic carbocycles. The molecule has 1 aliphatic heterocycles. The molecular weight excluding hydrogens is 406 g/mol. The van der Waals surface area contributed by atoms with Crippen molar-refractivity contribution >= 4 is 11.6 Å². The number of benzene rings is 2. The summed E-state index contributed by atoms with van der Waals surface area (Å²) in [6.07, 6.45) is 4.18. The summed E-state index contributed by atoms with van der Waals surface area (Å²) in [6.45, 7) is 0.800. The van der Waals surface area contributed by atoms with Gasteiger partial charge in [-0.15, -0.1) is 0 Å². The van der Waals surface area contributed by atoms with Crippen LogP contribution in [0.1, 0.15) is 36.2 Å². The quantitative estimate of drug-likeness (QED) is 0.619. The SMILES string of the molecule is N#CCc1ccc(OCc2ccccc2NC(=O)Cn2nc3n(c2=O)CCCCC3)cc1. The van der Waals surface area contributed by atoms with Crippen LogP contribution in [0.2, 0.25) is 0 Å². The minimum atomic E-state index is -0.311. The number of rotatable bonds is 7. The summed E-state index contributed by atoms with van der Waals surface area (Å²) in [5.41, 5.74) is 2.15. The van der Waals surface area contributed by atoms with Gasteiger partial charge >= 0.3 is 5.69 Å². The molecule has 0 bridgehead atoms. The van der Waals surface area contributed by atoms with Gasteiger partial charge in [0.2, 0.25) is 5.91 Å². The van der Waals surface area contributed by atoms with Crippen molar-refractivity contribution in [2.75, 3.05) is 5.32 Å². The van der Waals surface area contributed by atoms with Gasteiger partial charge in [-0.25, -0.2) is 9.48 Å². The standard InChI is InChI=1S/C24H25N5O3/c25-14-13-18-9-11-20(12-10-18)32-17-19-6-3-4-7-21(19)26-23(30)16-29-24(31)28-15-5-1-2-8-22(28)27-29/h3-4,6-7,9-12H,1-2,5,8,13,15-17H2,(H,26,30). The molecule has 0 atom stereocenters. The molecule has 1 N–H and O–H groups in total. The molecule has 0 radical (unpaired) electrons. The maximum Gasteiger partial charge on any atom is 0.346 e. The van der Waals surface area contributed by atoms with Gasteiger partial charge in [-0.3, -0.25) is 9.36 Å². The molecule has 32 heavy (non-hydrogen) atoms. The van der Waals surface area contributed by atoms with Crippen LogP contribution in [-0.2, 0) is 37.3 Å². The van der Waals surface area contributed by atoms with Crippen LogP contribution in [-0.4, -0.2) is 20.3 Å². The maximum atomic E-state index is 12.7. The number of anilines is 1. The van der Waals surface area contributed by atoms with Crippen molar-refractivity contribution in [3.8, 4) is 11.8 Å². The predicted molar refractivity (Wildman–Crippen MR) is 119 cm³/mol. The Kier molecular flexibility index (Phi) is 6.66. The van der Waals surface area contributed by atoms with E-state index in [1.54, 1.807) is 10.6 Å². The fraction of sp³-hybridized carbons (Fsp3) is 0.333. The second kappa shape index (κ2) is 9.96. The number of ether oxygens (including phenoxy) is 1. The van der Waals surface area contributed by atoms with Crippen LogP contribution in [0.4, 0.5) is 5.69 Å². The van der Waals surface area contributed by atoms with Gasteiger partial charge in [0.15, 0.2) is 0 Å². The number of fused-ring (bicyclic) bond motifs is 1. The molecule has 0 unspecified atom stereocenters. The Bertz CT molecular complexity index is 1190. The van der Waals surface area contributed by atoms with E-state index >= 15 is 0 Å². The first-order valence-corrected chi connectivity index (χ1v) is 10.8. The Morgan fingerprint density at radius 1 is 1.12 bits per heavy atom. The summed E-state index contributed by atoms with van der Waals surface area (Å²) in [5, 5.41) is 16.0. The summed E-state index contributed by atoms with van der Waals surface area (Å²) in [7, 11) is 0. The minimum Gasteiger partial charge on any atom is -0.489 e. The van der Waals surface area contributed by atoms with Crippen molar-refractivity contribution in [2.24, 2.45) is 0 Å². The lowest BCUT2D eigenvalue weighted by molar-refractivity contribution is -0.117. The van der Waals surface area contributed by atoms with Gasteiger partial charge in [0.05, 0.1) is 12.5 Å². The molecule has 164 valence electrons. The van der Waals surface area contributed by atoms with E-state index in [-0.39, 0.29) is 24.7 Å². The summed E-state index contributed by atoms with van der Waals surface area (Å²) >= 11 is 0. The van der Waals surface area contributed by atoms with Crippen LogP contribution in [0.5, 0.6) is 5.75 Å². The molecule has 1 amide bonds. The summed E-state index contributed by atoms with van der Waals surface area (Å²) in [6, 6.07) is 16.9. The smallest absolute Gasteiger partial charge is 0.346 e. The maximum absolute atomic E-state index is 12.7. The predicted octanol–water partition coefficient (Wildman–Crippen LogP) is 3.05. The molecule has 0 aliphatic carbocycles. The largest absolute Gasteiger partial charge is 0.489 e. The van der Waals surface area contributed by atoms with Crippen LogP contribution in [0, 0.1) is 11.3 Å². The van der Waals surface area contributed by atoms with E-state index in [1.807, 2.05) is 42.5 Å². The zero-order chi connectivity index (χ0) is 22.3. The number of aryl methyl sites for hydroxylation is 1. The van der Waals surface area contributed by atoms with E-state index in [9.17, 15) is 9.59 Å². The normalized spacial score (nSPS) is 13.0. The summed E-state index contributed by atoms with van der Waals surface area (Å²) in [4.78, 5) is 25.2.